The maximum absolute atomic E-state index is 5.86. The number of hydrogen-bond donors (Lipinski definition) is 0. The first-order chi connectivity index (χ1) is 6.97. The van der Waals surface area contributed by atoms with Crippen molar-refractivity contribution < 1.29 is 4.74 Å². The van der Waals surface area contributed by atoms with Gasteiger partial charge in [0.25, 0.3) is 0 Å². The average Bonchev–Trinajstić information content (AvgIpc) is 2.15. The number of hydrogen-bond acceptors (Lipinski definition) is 1. The highest BCUT2D eigenvalue weighted by Crippen LogP contribution is 2.32. The molecule has 0 fully saturated rings. The molecule has 0 aliphatic heterocycles. The molecule has 0 spiro atoms. The molecule has 0 heterocycles. The van der Waals surface area contributed by atoms with Crippen LogP contribution < -0.4 is 10.2 Å². The van der Waals surface area contributed by atoms with E-state index in [4.69, 9.17) is 12.6 Å². The second-order valence-electron chi connectivity index (χ2n) is 4.54. The van der Waals surface area contributed by atoms with E-state index in [0.717, 1.165) is 11.2 Å². The van der Waals surface area contributed by atoms with Crippen molar-refractivity contribution in [1.29, 1.82) is 0 Å². The molecule has 2 heteroatoms. The van der Waals surface area contributed by atoms with E-state index in [-0.39, 0.29) is 0 Å². The van der Waals surface area contributed by atoms with Crippen LogP contribution in [0.2, 0.25) is 0 Å². The molecule has 1 aromatic rings. The van der Waals surface area contributed by atoms with Gasteiger partial charge in [-0.25, -0.2) is 0 Å². The van der Waals surface area contributed by atoms with Gasteiger partial charge in [-0.3, -0.25) is 0 Å². The smallest absolute Gasteiger partial charge is 0.122 e. The molecule has 0 aliphatic carbocycles. The molecule has 80 valence electrons. The van der Waals surface area contributed by atoms with Crippen LogP contribution in [-0.2, 0) is 0 Å². The summed E-state index contributed by atoms with van der Waals surface area (Å²) in [5.41, 5.74) is 3.35. The summed E-state index contributed by atoms with van der Waals surface area (Å²) in [5, 5.41) is 0. The number of benzene rings is 1. The van der Waals surface area contributed by atoms with Crippen LogP contribution in [0.4, 0.5) is 0 Å². The maximum Gasteiger partial charge on any atom is 0.122 e. The highest BCUT2D eigenvalue weighted by atomic mass is 16.5. The minimum atomic E-state index is 0.456. The van der Waals surface area contributed by atoms with Gasteiger partial charge in [-0.2, -0.15) is 0 Å². The third-order valence-corrected chi connectivity index (χ3v) is 2.62. The first-order valence-electron chi connectivity index (χ1n) is 5.44. The first-order valence-corrected chi connectivity index (χ1v) is 5.44. The van der Waals surface area contributed by atoms with Gasteiger partial charge < -0.3 is 4.74 Å². The minimum absolute atomic E-state index is 0.456. The predicted molar refractivity (Wildman–Crippen MR) is 66.6 cm³/mol. The maximum atomic E-state index is 5.86. The molecular weight excluding hydrogens is 183 g/mol. The Hall–Kier alpha value is -0.915. The topological polar surface area (TPSA) is 9.23 Å². The molecule has 2 radical (unpaired) electrons. The van der Waals surface area contributed by atoms with Gasteiger partial charge >= 0.3 is 0 Å². The van der Waals surface area contributed by atoms with Crippen LogP contribution in [0.25, 0.3) is 0 Å². The summed E-state index contributed by atoms with van der Waals surface area (Å²) >= 11 is 0. The van der Waals surface area contributed by atoms with Crippen LogP contribution in [0.3, 0.4) is 0 Å². The van der Waals surface area contributed by atoms with Gasteiger partial charge in [-0.1, -0.05) is 39.2 Å². The van der Waals surface area contributed by atoms with Gasteiger partial charge in [-0.05, 0) is 23.5 Å². The standard InChI is InChI=1S/C13H19BO/c1-8(2)11-6-10(14)7-12(15-5)13(11)9(3)4/h6-9H,1-5H3. The molecule has 1 aromatic carbocycles. The van der Waals surface area contributed by atoms with Crippen molar-refractivity contribution in [3.8, 4) is 5.75 Å². The van der Waals surface area contributed by atoms with Crippen LogP contribution in [-0.4, -0.2) is 15.0 Å². The van der Waals surface area contributed by atoms with Gasteiger partial charge in [0.05, 0.1) is 7.11 Å². The average molecular weight is 202 g/mol. The molecule has 15 heavy (non-hydrogen) atoms. The fourth-order valence-electron chi connectivity index (χ4n) is 1.93. The van der Waals surface area contributed by atoms with Gasteiger partial charge in [-0.15, -0.1) is 0 Å². The normalized spacial score (nSPS) is 11.1. The molecule has 0 aromatic heterocycles. The van der Waals surface area contributed by atoms with E-state index >= 15 is 0 Å². The number of methoxy groups -OCH3 is 1. The molecular formula is C13H19BO. The Morgan fingerprint density at radius 1 is 1.07 bits per heavy atom. The summed E-state index contributed by atoms with van der Waals surface area (Å²) in [5.74, 6) is 1.84. The molecule has 0 atom stereocenters. The minimum Gasteiger partial charge on any atom is -0.496 e. The van der Waals surface area contributed by atoms with Crippen LogP contribution in [0.1, 0.15) is 50.7 Å². The molecule has 0 saturated carbocycles. The first kappa shape index (κ1) is 12.2. The number of rotatable bonds is 3. The SMILES string of the molecule is [B]c1cc(OC)c(C(C)C)c(C(C)C)c1. The zero-order valence-electron chi connectivity index (χ0n) is 10.3. The van der Waals surface area contributed by atoms with E-state index in [1.54, 1.807) is 7.11 Å². The zero-order valence-corrected chi connectivity index (χ0v) is 10.3. The van der Waals surface area contributed by atoms with Crippen molar-refractivity contribution in [3.05, 3.63) is 23.3 Å². The third-order valence-electron chi connectivity index (χ3n) is 2.62. The lowest BCUT2D eigenvalue weighted by Gasteiger charge is -2.20. The molecule has 0 amide bonds. The third kappa shape index (κ3) is 2.56. The lowest BCUT2D eigenvalue weighted by molar-refractivity contribution is 0.406. The summed E-state index contributed by atoms with van der Waals surface area (Å²) in [7, 11) is 7.56. The fourth-order valence-corrected chi connectivity index (χ4v) is 1.93. The van der Waals surface area contributed by atoms with Crippen LogP contribution in [0.5, 0.6) is 5.75 Å². The van der Waals surface area contributed by atoms with Crippen LogP contribution >= 0.6 is 0 Å². The van der Waals surface area contributed by atoms with Gasteiger partial charge in [0, 0.05) is 5.56 Å². The van der Waals surface area contributed by atoms with Crippen LogP contribution in [0.15, 0.2) is 12.1 Å². The van der Waals surface area contributed by atoms with E-state index in [0.29, 0.717) is 11.8 Å². The van der Waals surface area contributed by atoms with Crippen molar-refractivity contribution in [1.82, 2.24) is 0 Å². The predicted octanol–water partition coefficient (Wildman–Crippen LogP) is 2.74. The Morgan fingerprint density at radius 2 is 1.67 bits per heavy atom. The molecule has 0 unspecified atom stereocenters. The molecule has 0 saturated heterocycles. The highest BCUT2D eigenvalue weighted by molar-refractivity contribution is 6.32. The van der Waals surface area contributed by atoms with Crippen molar-refractivity contribution in [2.24, 2.45) is 0 Å². The number of ether oxygens (including phenoxy) is 1. The molecule has 0 aliphatic rings. The van der Waals surface area contributed by atoms with E-state index in [9.17, 15) is 0 Å². The Morgan fingerprint density at radius 3 is 2.07 bits per heavy atom. The lowest BCUT2D eigenvalue weighted by atomic mass is 9.84. The summed E-state index contributed by atoms with van der Waals surface area (Å²) in [4.78, 5) is 0. The summed E-state index contributed by atoms with van der Waals surface area (Å²) < 4.78 is 5.40. The van der Waals surface area contributed by atoms with Gasteiger partial charge in [0.1, 0.15) is 13.6 Å². The zero-order chi connectivity index (χ0) is 11.6. The van der Waals surface area contributed by atoms with Crippen molar-refractivity contribution in [3.63, 3.8) is 0 Å². The Kier molecular flexibility index (Phi) is 3.84. The van der Waals surface area contributed by atoms with E-state index in [1.165, 1.54) is 11.1 Å². The lowest BCUT2D eigenvalue weighted by Crippen LogP contribution is -2.11. The second-order valence-corrected chi connectivity index (χ2v) is 4.54. The Labute approximate surface area is 94.3 Å². The Bertz CT molecular complexity index is 343. The van der Waals surface area contributed by atoms with Gasteiger partial charge in [0.2, 0.25) is 0 Å². The van der Waals surface area contributed by atoms with Gasteiger partial charge in [0.15, 0.2) is 0 Å². The van der Waals surface area contributed by atoms with Crippen molar-refractivity contribution >= 4 is 13.3 Å². The summed E-state index contributed by atoms with van der Waals surface area (Å²) in [6.45, 7) is 8.72. The summed E-state index contributed by atoms with van der Waals surface area (Å²) in [6, 6.07) is 3.96. The summed E-state index contributed by atoms with van der Waals surface area (Å²) in [6.07, 6.45) is 0. The van der Waals surface area contributed by atoms with Crippen molar-refractivity contribution in [2.45, 2.75) is 39.5 Å². The molecule has 0 bridgehead atoms. The molecule has 0 N–H and O–H groups in total. The monoisotopic (exact) mass is 202 g/mol. The van der Waals surface area contributed by atoms with E-state index in [2.05, 4.69) is 33.8 Å². The van der Waals surface area contributed by atoms with E-state index in [1.807, 2.05) is 6.07 Å². The van der Waals surface area contributed by atoms with Crippen molar-refractivity contribution in [2.75, 3.05) is 7.11 Å². The quantitative estimate of drug-likeness (QED) is 0.684. The second kappa shape index (κ2) is 4.74. The van der Waals surface area contributed by atoms with E-state index < -0.39 is 0 Å². The highest BCUT2D eigenvalue weighted by Gasteiger charge is 2.15. The Balaban J connectivity index is 3.40. The largest absolute Gasteiger partial charge is 0.496 e. The fraction of sp³-hybridized carbons (Fsp3) is 0.538. The molecule has 1 nitrogen and oxygen atoms in total. The van der Waals surface area contributed by atoms with Crippen LogP contribution in [0, 0.1) is 0 Å². The molecule has 1 rings (SSSR count).